The molecule has 2 aromatic rings. The Labute approximate surface area is 140 Å². The fourth-order valence-electron chi connectivity index (χ4n) is 1.67. The van der Waals surface area contributed by atoms with Crippen molar-refractivity contribution in [3.05, 3.63) is 51.1 Å². The molecule has 22 heavy (non-hydrogen) atoms. The van der Waals surface area contributed by atoms with Crippen LogP contribution in [0.4, 0.5) is 4.79 Å². The van der Waals surface area contributed by atoms with Crippen LogP contribution in [-0.2, 0) is 11.2 Å². The number of urea groups is 1. The first-order valence-electron chi connectivity index (χ1n) is 6.62. The molecule has 0 atom stereocenters. The van der Waals surface area contributed by atoms with Crippen molar-refractivity contribution in [2.24, 2.45) is 0 Å². The molecule has 0 radical (unpaired) electrons. The third-order valence-electron chi connectivity index (χ3n) is 2.69. The fraction of sp³-hybridized carbons (Fsp3) is 0.200. The summed E-state index contributed by atoms with van der Waals surface area (Å²) in [6.45, 7) is 0.256. The Balaban J connectivity index is 1.66. The van der Waals surface area contributed by atoms with E-state index in [2.05, 4.69) is 26.6 Å². The van der Waals surface area contributed by atoms with Gasteiger partial charge in [0.15, 0.2) is 6.61 Å². The van der Waals surface area contributed by atoms with Crippen LogP contribution in [0.25, 0.3) is 0 Å². The van der Waals surface area contributed by atoms with Gasteiger partial charge in [-0.15, -0.1) is 11.3 Å². The van der Waals surface area contributed by atoms with Crippen LogP contribution in [0.5, 0.6) is 5.75 Å². The summed E-state index contributed by atoms with van der Waals surface area (Å²) >= 11 is 4.95. The SMILES string of the molecule is O=C(COc1ccccc1Br)NC(=O)NCCc1cccs1. The van der Waals surface area contributed by atoms with Crippen LogP contribution in [0.3, 0.4) is 0 Å². The number of para-hydroxylation sites is 1. The molecule has 3 amide bonds. The number of amides is 3. The summed E-state index contributed by atoms with van der Waals surface area (Å²) < 4.78 is 6.08. The van der Waals surface area contributed by atoms with Crippen LogP contribution in [0, 0.1) is 0 Å². The Morgan fingerprint density at radius 2 is 2.00 bits per heavy atom. The number of thiophene rings is 1. The molecule has 0 aliphatic carbocycles. The molecule has 1 aromatic carbocycles. The lowest BCUT2D eigenvalue weighted by Gasteiger charge is -2.08. The summed E-state index contributed by atoms with van der Waals surface area (Å²) in [7, 11) is 0. The van der Waals surface area contributed by atoms with Gasteiger partial charge in [-0.05, 0) is 45.9 Å². The van der Waals surface area contributed by atoms with E-state index in [0.29, 0.717) is 12.3 Å². The number of halogens is 1. The summed E-state index contributed by atoms with van der Waals surface area (Å²) in [6.07, 6.45) is 0.743. The lowest BCUT2D eigenvalue weighted by Crippen LogP contribution is -2.42. The number of hydrogen-bond donors (Lipinski definition) is 2. The first kappa shape index (κ1) is 16.5. The van der Waals surface area contributed by atoms with E-state index in [0.717, 1.165) is 10.9 Å². The normalized spacial score (nSPS) is 10.0. The van der Waals surface area contributed by atoms with E-state index in [1.165, 1.54) is 4.88 Å². The summed E-state index contributed by atoms with van der Waals surface area (Å²) in [5.41, 5.74) is 0. The minimum absolute atomic E-state index is 0.221. The first-order chi connectivity index (χ1) is 10.6. The minimum Gasteiger partial charge on any atom is -0.483 e. The van der Waals surface area contributed by atoms with E-state index in [-0.39, 0.29) is 6.61 Å². The number of hydrogen-bond acceptors (Lipinski definition) is 4. The molecule has 2 N–H and O–H groups in total. The van der Waals surface area contributed by atoms with Crippen LogP contribution in [0.1, 0.15) is 4.88 Å². The summed E-state index contributed by atoms with van der Waals surface area (Å²) in [4.78, 5) is 24.4. The van der Waals surface area contributed by atoms with E-state index in [1.807, 2.05) is 29.6 Å². The highest BCUT2D eigenvalue weighted by molar-refractivity contribution is 9.10. The van der Waals surface area contributed by atoms with E-state index in [9.17, 15) is 9.59 Å². The second kappa shape index (κ2) is 8.55. The molecule has 7 heteroatoms. The number of carbonyl (C=O) groups is 2. The molecule has 0 fully saturated rings. The Bertz CT molecular complexity index is 631. The average Bonchev–Trinajstić information content (AvgIpc) is 2.99. The lowest BCUT2D eigenvalue weighted by atomic mass is 10.3. The zero-order valence-corrected chi connectivity index (χ0v) is 14.1. The van der Waals surface area contributed by atoms with Gasteiger partial charge in [0.05, 0.1) is 4.47 Å². The number of ether oxygens (including phenoxy) is 1. The van der Waals surface area contributed by atoms with Gasteiger partial charge in [0.1, 0.15) is 5.75 Å². The van der Waals surface area contributed by atoms with Crippen molar-refractivity contribution in [3.63, 3.8) is 0 Å². The molecule has 1 aromatic heterocycles. The predicted octanol–water partition coefficient (Wildman–Crippen LogP) is 2.96. The van der Waals surface area contributed by atoms with Crippen LogP contribution in [-0.4, -0.2) is 25.1 Å². The van der Waals surface area contributed by atoms with Gasteiger partial charge in [-0.2, -0.15) is 0 Å². The molecule has 0 bridgehead atoms. The van der Waals surface area contributed by atoms with Crippen LogP contribution >= 0.6 is 27.3 Å². The number of benzene rings is 1. The molecule has 0 unspecified atom stereocenters. The Kier molecular flexibility index (Phi) is 6.42. The van der Waals surface area contributed by atoms with Crippen molar-refractivity contribution >= 4 is 39.2 Å². The zero-order chi connectivity index (χ0) is 15.8. The maximum absolute atomic E-state index is 11.6. The Morgan fingerprint density at radius 1 is 1.18 bits per heavy atom. The Morgan fingerprint density at radius 3 is 2.73 bits per heavy atom. The molecule has 5 nitrogen and oxygen atoms in total. The molecular formula is C15H15BrN2O3S. The maximum Gasteiger partial charge on any atom is 0.321 e. The molecule has 0 saturated heterocycles. The number of carbonyl (C=O) groups excluding carboxylic acids is 2. The highest BCUT2D eigenvalue weighted by Gasteiger charge is 2.09. The lowest BCUT2D eigenvalue weighted by molar-refractivity contribution is -0.122. The van der Waals surface area contributed by atoms with Gasteiger partial charge in [0.2, 0.25) is 0 Å². The second-order valence-corrected chi connectivity index (χ2v) is 6.24. The van der Waals surface area contributed by atoms with Gasteiger partial charge in [-0.1, -0.05) is 18.2 Å². The molecule has 0 aliphatic rings. The molecule has 0 spiro atoms. The monoisotopic (exact) mass is 382 g/mol. The topological polar surface area (TPSA) is 67.4 Å². The quantitative estimate of drug-likeness (QED) is 0.806. The van der Waals surface area contributed by atoms with Crippen molar-refractivity contribution in [2.75, 3.05) is 13.2 Å². The molecule has 1 heterocycles. The van der Waals surface area contributed by atoms with E-state index < -0.39 is 11.9 Å². The first-order valence-corrected chi connectivity index (χ1v) is 8.30. The largest absolute Gasteiger partial charge is 0.483 e. The molecular weight excluding hydrogens is 368 g/mol. The van der Waals surface area contributed by atoms with Crippen LogP contribution in [0.15, 0.2) is 46.3 Å². The van der Waals surface area contributed by atoms with E-state index >= 15 is 0 Å². The highest BCUT2D eigenvalue weighted by atomic mass is 79.9. The molecule has 0 aliphatic heterocycles. The van der Waals surface area contributed by atoms with E-state index in [1.54, 1.807) is 23.5 Å². The van der Waals surface area contributed by atoms with Gasteiger partial charge in [0, 0.05) is 11.4 Å². The third kappa shape index (κ3) is 5.50. The van der Waals surface area contributed by atoms with Gasteiger partial charge in [-0.3, -0.25) is 10.1 Å². The van der Waals surface area contributed by atoms with Crippen LogP contribution in [0.2, 0.25) is 0 Å². The third-order valence-corrected chi connectivity index (χ3v) is 4.28. The van der Waals surface area contributed by atoms with E-state index in [4.69, 9.17) is 4.74 Å². The average molecular weight is 383 g/mol. The standard InChI is InChI=1S/C15H15BrN2O3S/c16-12-5-1-2-6-13(12)21-10-14(19)18-15(20)17-8-7-11-4-3-9-22-11/h1-6,9H,7-8,10H2,(H2,17,18,19,20). The molecule has 2 rings (SSSR count). The Hall–Kier alpha value is -1.86. The van der Waals surface area contributed by atoms with Gasteiger partial charge in [0.25, 0.3) is 5.91 Å². The smallest absolute Gasteiger partial charge is 0.321 e. The summed E-state index contributed by atoms with van der Waals surface area (Å²) in [6, 6.07) is 10.6. The fourth-order valence-corrected chi connectivity index (χ4v) is 2.77. The van der Waals surface area contributed by atoms with Crippen molar-refractivity contribution in [1.29, 1.82) is 0 Å². The van der Waals surface area contributed by atoms with Crippen molar-refractivity contribution in [1.82, 2.24) is 10.6 Å². The van der Waals surface area contributed by atoms with Gasteiger partial charge < -0.3 is 10.1 Å². The zero-order valence-electron chi connectivity index (χ0n) is 11.7. The molecule has 0 saturated carbocycles. The number of imide groups is 1. The predicted molar refractivity (Wildman–Crippen MR) is 89.2 cm³/mol. The summed E-state index contributed by atoms with van der Waals surface area (Å²) in [5.74, 6) is 0.0557. The molecule has 116 valence electrons. The minimum atomic E-state index is -0.516. The van der Waals surface area contributed by atoms with Crippen molar-refractivity contribution < 1.29 is 14.3 Å². The summed E-state index contributed by atoms with van der Waals surface area (Å²) in [5, 5.41) is 6.84. The van der Waals surface area contributed by atoms with Gasteiger partial charge in [-0.25, -0.2) is 4.79 Å². The number of rotatable bonds is 6. The number of nitrogens with one attached hydrogen (secondary N) is 2. The van der Waals surface area contributed by atoms with Crippen molar-refractivity contribution in [3.8, 4) is 5.75 Å². The highest BCUT2D eigenvalue weighted by Crippen LogP contribution is 2.23. The second-order valence-electron chi connectivity index (χ2n) is 4.35. The van der Waals surface area contributed by atoms with Gasteiger partial charge >= 0.3 is 6.03 Å². The maximum atomic E-state index is 11.6. The van der Waals surface area contributed by atoms with Crippen molar-refractivity contribution in [2.45, 2.75) is 6.42 Å². The van der Waals surface area contributed by atoms with Crippen LogP contribution < -0.4 is 15.4 Å².